The molecule has 0 saturated carbocycles. The van der Waals surface area contributed by atoms with Gasteiger partial charge in [-0.25, -0.2) is 9.59 Å². The van der Waals surface area contributed by atoms with Crippen LogP contribution in [0.4, 0.5) is 4.79 Å². The van der Waals surface area contributed by atoms with E-state index >= 15 is 0 Å². The minimum absolute atomic E-state index is 0.0829. The largest absolute Gasteiger partial charge is 0.480 e. The van der Waals surface area contributed by atoms with Crippen molar-refractivity contribution < 1.29 is 29.3 Å². The summed E-state index contributed by atoms with van der Waals surface area (Å²) >= 11 is 0. The van der Waals surface area contributed by atoms with E-state index in [1.165, 1.54) is 0 Å². The zero-order valence-electron chi connectivity index (χ0n) is 19.0. The van der Waals surface area contributed by atoms with Crippen molar-refractivity contribution in [3.63, 3.8) is 0 Å². The number of benzene rings is 2. The summed E-state index contributed by atoms with van der Waals surface area (Å²) in [5.41, 5.74) is 3.95. The number of hydrogen-bond donors (Lipinski definition) is 4. The molecule has 4 N–H and O–H groups in total. The van der Waals surface area contributed by atoms with E-state index in [4.69, 9.17) is 14.9 Å². The maximum Gasteiger partial charge on any atom is 0.407 e. The summed E-state index contributed by atoms with van der Waals surface area (Å²) in [6, 6.07) is 14.1. The normalized spacial score (nSPS) is 14.5. The van der Waals surface area contributed by atoms with Crippen LogP contribution in [0.2, 0.25) is 0 Å². The lowest BCUT2D eigenvalue weighted by Gasteiger charge is -2.31. The number of hydrogen-bond acceptors (Lipinski definition) is 5. The van der Waals surface area contributed by atoms with E-state index in [0.29, 0.717) is 0 Å². The van der Waals surface area contributed by atoms with Crippen LogP contribution in [0.15, 0.2) is 48.5 Å². The number of carbonyl (C=O) groups excluding carboxylic acids is 2. The van der Waals surface area contributed by atoms with Gasteiger partial charge in [0.1, 0.15) is 12.6 Å². The first-order valence-corrected chi connectivity index (χ1v) is 10.9. The van der Waals surface area contributed by atoms with Crippen LogP contribution in [0.1, 0.15) is 44.2 Å². The van der Waals surface area contributed by atoms with E-state index < -0.39 is 42.1 Å². The van der Waals surface area contributed by atoms with Gasteiger partial charge in [0.2, 0.25) is 5.91 Å². The number of fused-ring (bicyclic) bond motifs is 3. The number of aliphatic carboxylic acids is 1. The van der Waals surface area contributed by atoms with Gasteiger partial charge in [-0.2, -0.15) is 0 Å². The number of carbonyl (C=O) groups is 3. The molecule has 8 heteroatoms. The molecule has 0 radical (unpaired) electrons. The average molecular weight is 455 g/mol. The first kappa shape index (κ1) is 24.3. The first-order chi connectivity index (χ1) is 15.6. The minimum Gasteiger partial charge on any atom is -0.480 e. The molecule has 0 saturated heterocycles. The summed E-state index contributed by atoms with van der Waals surface area (Å²) in [7, 11) is 0. The molecule has 2 aromatic carbocycles. The van der Waals surface area contributed by atoms with Gasteiger partial charge in [0.15, 0.2) is 0 Å². The maximum absolute atomic E-state index is 12.6. The van der Waals surface area contributed by atoms with Crippen molar-refractivity contribution in [3.05, 3.63) is 59.7 Å². The average Bonchev–Trinajstić information content (AvgIpc) is 3.08. The number of aliphatic hydroxyl groups excluding tert-OH is 1. The minimum atomic E-state index is -1.40. The number of aliphatic hydroxyl groups is 1. The number of carboxylic acids is 1. The molecule has 2 aromatic rings. The number of rotatable bonds is 8. The van der Waals surface area contributed by atoms with Crippen molar-refractivity contribution in [2.24, 2.45) is 5.41 Å². The summed E-state index contributed by atoms with van der Waals surface area (Å²) in [4.78, 5) is 36.0. The lowest BCUT2D eigenvalue weighted by Crippen LogP contribution is -2.50. The van der Waals surface area contributed by atoms with Crippen LogP contribution in [0, 0.1) is 5.41 Å². The van der Waals surface area contributed by atoms with Crippen LogP contribution in [0.25, 0.3) is 11.1 Å². The number of nitrogens with one attached hydrogen (secondary N) is 2. The third kappa shape index (κ3) is 5.70. The van der Waals surface area contributed by atoms with Gasteiger partial charge >= 0.3 is 12.1 Å². The Hall–Kier alpha value is -3.39. The molecule has 0 aliphatic heterocycles. The zero-order chi connectivity index (χ0) is 24.2. The Labute approximate surface area is 193 Å². The van der Waals surface area contributed by atoms with E-state index in [-0.39, 0.29) is 18.9 Å². The molecule has 0 spiro atoms. The number of ether oxygens (including phenoxy) is 1. The zero-order valence-corrected chi connectivity index (χ0v) is 19.0. The van der Waals surface area contributed by atoms with Gasteiger partial charge in [0, 0.05) is 18.4 Å². The molecule has 0 heterocycles. The van der Waals surface area contributed by atoms with Gasteiger partial charge in [-0.3, -0.25) is 4.79 Å². The molecule has 0 aromatic heterocycles. The van der Waals surface area contributed by atoms with Gasteiger partial charge in [0.25, 0.3) is 0 Å². The standard InChI is InChI=1S/C25H30N2O6/c1-25(2,3)21(12-22(29)26-20(13-28)23(30)31)27-24(32)33-14-19-17-10-6-4-8-15(17)16-9-5-7-11-18(16)19/h4-11,19-21,28H,12-14H2,1-3H3,(H,26,29)(H,27,32)(H,30,31). The second kappa shape index (κ2) is 10.0. The fraction of sp³-hybridized carbons (Fsp3) is 0.400. The molecule has 0 bridgehead atoms. The van der Waals surface area contributed by atoms with Crippen LogP contribution < -0.4 is 10.6 Å². The van der Waals surface area contributed by atoms with Gasteiger partial charge in [0.05, 0.1) is 6.61 Å². The number of alkyl carbamates (subject to hydrolysis) is 1. The molecule has 2 amide bonds. The highest BCUT2D eigenvalue weighted by atomic mass is 16.5. The van der Waals surface area contributed by atoms with Gasteiger partial charge in [-0.05, 0) is 27.7 Å². The molecular weight excluding hydrogens is 424 g/mol. The molecule has 2 unspecified atom stereocenters. The van der Waals surface area contributed by atoms with E-state index in [2.05, 4.69) is 22.8 Å². The summed E-state index contributed by atoms with van der Waals surface area (Å²) in [6.45, 7) is 5.00. The monoisotopic (exact) mass is 454 g/mol. The first-order valence-electron chi connectivity index (χ1n) is 10.9. The molecule has 1 aliphatic rings. The highest BCUT2D eigenvalue weighted by molar-refractivity contribution is 5.84. The Morgan fingerprint density at radius 3 is 2.00 bits per heavy atom. The van der Waals surface area contributed by atoms with Crippen LogP contribution >= 0.6 is 0 Å². The smallest absolute Gasteiger partial charge is 0.407 e. The summed E-state index contributed by atoms with van der Waals surface area (Å²) in [5, 5.41) is 23.1. The summed E-state index contributed by atoms with van der Waals surface area (Å²) in [5.74, 6) is -2.00. The fourth-order valence-corrected chi connectivity index (χ4v) is 3.98. The quantitative estimate of drug-likeness (QED) is 0.486. The Kier molecular flexibility index (Phi) is 7.38. The van der Waals surface area contributed by atoms with E-state index in [1.54, 1.807) is 0 Å². The molecule has 1 aliphatic carbocycles. The van der Waals surface area contributed by atoms with Gasteiger partial charge in [-0.15, -0.1) is 0 Å². The second-order valence-electron chi connectivity index (χ2n) is 9.23. The molecule has 3 rings (SSSR count). The molecule has 8 nitrogen and oxygen atoms in total. The Bertz CT molecular complexity index is 984. The van der Waals surface area contributed by atoms with Crippen molar-refractivity contribution in [3.8, 4) is 11.1 Å². The van der Waals surface area contributed by atoms with E-state index in [0.717, 1.165) is 22.3 Å². The highest BCUT2D eigenvalue weighted by Crippen LogP contribution is 2.44. The predicted molar refractivity (Wildman–Crippen MR) is 123 cm³/mol. The highest BCUT2D eigenvalue weighted by Gasteiger charge is 2.32. The van der Waals surface area contributed by atoms with Crippen LogP contribution in [-0.4, -0.2) is 53.5 Å². The topological polar surface area (TPSA) is 125 Å². The van der Waals surface area contributed by atoms with Crippen molar-refractivity contribution in [1.29, 1.82) is 0 Å². The summed E-state index contributed by atoms with van der Waals surface area (Å²) < 4.78 is 5.57. The Morgan fingerprint density at radius 2 is 1.52 bits per heavy atom. The summed E-state index contributed by atoms with van der Waals surface area (Å²) in [6.07, 6.45) is -0.807. The Morgan fingerprint density at radius 1 is 0.970 bits per heavy atom. The number of carboxylic acid groups (broad SMARTS) is 1. The van der Waals surface area contributed by atoms with Crippen molar-refractivity contribution in [2.75, 3.05) is 13.2 Å². The molecular formula is C25H30N2O6. The molecule has 176 valence electrons. The van der Waals surface area contributed by atoms with Crippen molar-refractivity contribution in [2.45, 2.75) is 45.2 Å². The van der Waals surface area contributed by atoms with E-state index in [1.807, 2.05) is 57.2 Å². The van der Waals surface area contributed by atoms with Crippen molar-refractivity contribution >= 4 is 18.0 Å². The number of amides is 2. The fourth-order valence-electron chi connectivity index (χ4n) is 3.98. The lowest BCUT2D eigenvalue weighted by atomic mass is 9.84. The third-order valence-electron chi connectivity index (χ3n) is 5.89. The maximum atomic E-state index is 12.6. The Balaban J connectivity index is 1.65. The van der Waals surface area contributed by atoms with Crippen LogP contribution in [0.5, 0.6) is 0 Å². The van der Waals surface area contributed by atoms with Crippen LogP contribution in [0.3, 0.4) is 0 Å². The van der Waals surface area contributed by atoms with Gasteiger partial charge in [-0.1, -0.05) is 69.3 Å². The van der Waals surface area contributed by atoms with E-state index in [9.17, 15) is 14.4 Å². The predicted octanol–water partition coefficient (Wildman–Crippen LogP) is 2.89. The third-order valence-corrected chi connectivity index (χ3v) is 5.89. The SMILES string of the molecule is CC(C)(C)C(CC(=O)NC(CO)C(=O)O)NC(=O)OCC1c2ccccc2-c2ccccc21. The lowest BCUT2D eigenvalue weighted by molar-refractivity contribution is -0.143. The molecule has 33 heavy (non-hydrogen) atoms. The molecule has 0 fully saturated rings. The molecule has 2 atom stereocenters. The van der Waals surface area contributed by atoms with Gasteiger partial charge < -0.3 is 25.6 Å². The van der Waals surface area contributed by atoms with Crippen molar-refractivity contribution in [1.82, 2.24) is 10.6 Å². The second-order valence-corrected chi connectivity index (χ2v) is 9.23. The van der Waals surface area contributed by atoms with Crippen LogP contribution in [-0.2, 0) is 14.3 Å².